The van der Waals surface area contributed by atoms with Gasteiger partial charge in [-0.25, -0.2) is 4.79 Å². The Balaban J connectivity index is 1.51. The Labute approximate surface area is 263 Å². The number of furan rings is 1. The van der Waals surface area contributed by atoms with Gasteiger partial charge in [-0.1, -0.05) is 51.1 Å². The molecule has 9 heteroatoms. The van der Waals surface area contributed by atoms with Gasteiger partial charge in [-0.3, -0.25) is 9.69 Å². The molecule has 0 aliphatic carbocycles. The molecule has 0 N–H and O–H groups in total. The molecule has 3 aromatic rings. The number of likely N-dealkylation sites (tertiary alicyclic amines) is 1. The molecule has 1 aliphatic rings. The van der Waals surface area contributed by atoms with Crippen LogP contribution in [0.15, 0.2) is 59.0 Å². The van der Waals surface area contributed by atoms with Gasteiger partial charge in [0.15, 0.2) is 14.9 Å². The third kappa shape index (κ3) is 8.96. The second-order valence-corrected chi connectivity index (χ2v) is 19.2. The number of nitrogens with zero attached hydrogens (tertiary/aromatic N) is 2. The standard InChI is InChI=1S/C35H50N2O6Si/c1-34(2,3)42-33(39)24-40-27-15-12-14-25(19-27)30(23-37-18-17-28(22-37)43-44(8,9)35(4,5)6)36(7)32(38)21-29-20-26-13-10-11-16-31(26)41-29/h10-16,19-20,28,30H,17-18,21-24H2,1-9H3/t28-,30+/m0/s1. The summed E-state index contributed by atoms with van der Waals surface area (Å²) >= 11 is 0. The minimum Gasteiger partial charge on any atom is -0.482 e. The normalized spacial score (nSPS) is 17.1. The number of carbonyl (C=O) groups is 2. The van der Waals surface area contributed by atoms with Gasteiger partial charge in [0.05, 0.1) is 18.6 Å². The van der Waals surface area contributed by atoms with E-state index in [1.165, 1.54) is 0 Å². The van der Waals surface area contributed by atoms with Crippen LogP contribution in [0.25, 0.3) is 11.0 Å². The van der Waals surface area contributed by atoms with Crippen LogP contribution in [0.3, 0.4) is 0 Å². The average molecular weight is 623 g/mol. The van der Waals surface area contributed by atoms with E-state index in [-0.39, 0.29) is 36.1 Å². The van der Waals surface area contributed by atoms with E-state index in [2.05, 4.69) is 38.8 Å². The summed E-state index contributed by atoms with van der Waals surface area (Å²) in [4.78, 5) is 30.2. The minimum atomic E-state index is -1.90. The summed E-state index contributed by atoms with van der Waals surface area (Å²) in [5, 5.41) is 1.13. The molecule has 1 aromatic heterocycles. The summed E-state index contributed by atoms with van der Waals surface area (Å²) in [6, 6.07) is 17.1. The quantitative estimate of drug-likeness (QED) is 0.168. The number of ether oxygens (including phenoxy) is 2. The van der Waals surface area contributed by atoms with Gasteiger partial charge in [0.1, 0.15) is 22.7 Å². The lowest BCUT2D eigenvalue weighted by Gasteiger charge is -2.38. The molecule has 1 fully saturated rings. The van der Waals surface area contributed by atoms with Crippen LogP contribution >= 0.6 is 0 Å². The number of para-hydroxylation sites is 1. The van der Waals surface area contributed by atoms with Crippen molar-refractivity contribution in [2.24, 2.45) is 0 Å². The van der Waals surface area contributed by atoms with Crippen molar-refractivity contribution in [3.63, 3.8) is 0 Å². The van der Waals surface area contributed by atoms with Crippen LogP contribution in [0.1, 0.15) is 65.3 Å². The van der Waals surface area contributed by atoms with E-state index in [4.69, 9.17) is 18.3 Å². The first-order chi connectivity index (χ1) is 20.5. The van der Waals surface area contributed by atoms with Crippen molar-refractivity contribution in [3.05, 3.63) is 65.9 Å². The fourth-order valence-electron chi connectivity index (χ4n) is 5.25. The van der Waals surface area contributed by atoms with Gasteiger partial charge < -0.3 is 23.2 Å². The molecule has 4 rings (SSSR count). The van der Waals surface area contributed by atoms with E-state index in [0.717, 1.165) is 36.0 Å². The summed E-state index contributed by atoms with van der Waals surface area (Å²) in [7, 11) is -0.0470. The van der Waals surface area contributed by atoms with E-state index in [0.29, 0.717) is 18.1 Å². The fourth-order valence-corrected chi connectivity index (χ4v) is 6.62. The third-order valence-corrected chi connectivity index (χ3v) is 13.1. The fraction of sp³-hybridized carbons (Fsp3) is 0.543. The predicted octanol–water partition coefficient (Wildman–Crippen LogP) is 6.99. The number of esters is 1. The summed E-state index contributed by atoms with van der Waals surface area (Å²) < 4.78 is 23.9. The zero-order valence-corrected chi connectivity index (χ0v) is 28.9. The van der Waals surface area contributed by atoms with E-state index in [1.54, 1.807) is 0 Å². The first-order valence-electron chi connectivity index (χ1n) is 15.6. The van der Waals surface area contributed by atoms with Crippen LogP contribution in [0.4, 0.5) is 0 Å². The molecule has 1 amide bonds. The molecule has 0 bridgehead atoms. The highest BCUT2D eigenvalue weighted by atomic mass is 28.4. The highest BCUT2D eigenvalue weighted by Crippen LogP contribution is 2.38. The Morgan fingerprint density at radius 1 is 1.05 bits per heavy atom. The van der Waals surface area contributed by atoms with Crippen molar-refractivity contribution in [3.8, 4) is 5.75 Å². The molecule has 1 saturated heterocycles. The molecule has 0 radical (unpaired) electrons. The Kier molecular flexibility index (Phi) is 10.3. The molecule has 1 aliphatic heterocycles. The van der Waals surface area contributed by atoms with Gasteiger partial charge in [0.25, 0.3) is 0 Å². The lowest BCUT2D eigenvalue weighted by atomic mass is 10.0. The zero-order chi connectivity index (χ0) is 32.3. The van der Waals surface area contributed by atoms with E-state index in [9.17, 15) is 9.59 Å². The Bertz CT molecular complexity index is 1400. The number of amides is 1. The highest BCUT2D eigenvalue weighted by molar-refractivity contribution is 6.74. The highest BCUT2D eigenvalue weighted by Gasteiger charge is 2.41. The molecule has 0 unspecified atom stereocenters. The molecular formula is C35H50N2O6Si. The van der Waals surface area contributed by atoms with Crippen molar-refractivity contribution in [1.29, 1.82) is 0 Å². The van der Waals surface area contributed by atoms with E-state index >= 15 is 0 Å². The summed E-state index contributed by atoms with van der Waals surface area (Å²) in [5.74, 6) is 0.724. The molecule has 240 valence electrons. The monoisotopic (exact) mass is 622 g/mol. The first-order valence-corrected chi connectivity index (χ1v) is 18.5. The molecule has 0 saturated carbocycles. The molecule has 2 aromatic carbocycles. The maximum Gasteiger partial charge on any atom is 0.344 e. The molecule has 8 nitrogen and oxygen atoms in total. The smallest absolute Gasteiger partial charge is 0.344 e. The number of benzene rings is 2. The van der Waals surface area contributed by atoms with Crippen molar-refractivity contribution < 1.29 is 27.9 Å². The Morgan fingerprint density at radius 2 is 1.77 bits per heavy atom. The number of hydrogen-bond acceptors (Lipinski definition) is 7. The van der Waals surface area contributed by atoms with Crippen LogP contribution in [-0.2, 0) is 25.2 Å². The number of fused-ring (bicyclic) bond motifs is 1. The lowest BCUT2D eigenvalue weighted by Crippen LogP contribution is -2.45. The van der Waals surface area contributed by atoms with Gasteiger partial charge in [-0.2, -0.15) is 0 Å². The second kappa shape index (κ2) is 13.5. The summed E-state index contributed by atoms with van der Waals surface area (Å²) in [6.07, 6.45) is 1.30. The van der Waals surface area contributed by atoms with Gasteiger partial charge in [-0.05, 0) is 75.2 Å². The van der Waals surface area contributed by atoms with Crippen LogP contribution in [0.2, 0.25) is 18.1 Å². The summed E-state index contributed by atoms with van der Waals surface area (Å²) in [5.41, 5.74) is 1.12. The third-order valence-electron chi connectivity index (χ3n) is 8.61. The van der Waals surface area contributed by atoms with E-state index in [1.807, 2.05) is 87.3 Å². The van der Waals surface area contributed by atoms with Crippen LogP contribution in [0, 0.1) is 0 Å². The van der Waals surface area contributed by atoms with Crippen molar-refractivity contribution in [2.45, 2.75) is 90.3 Å². The van der Waals surface area contributed by atoms with Gasteiger partial charge >= 0.3 is 5.97 Å². The summed E-state index contributed by atoms with van der Waals surface area (Å²) in [6.45, 7) is 19.1. The number of likely N-dealkylation sites (N-methyl/N-ethyl adjacent to an activating group) is 1. The second-order valence-electron chi connectivity index (χ2n) is 14.4. The lowest BCUT2D eigenvalue weighted by molar-refractivity contribution is -0.157. The first kappa shape index (κ1) is 33.7. The Morgan fingerprint density at radius 3 is 2.45 bits per heavy atom. The number of carbonyl (C=O) groups excluding carboxylic acids is 2. The molecule has 0 spiro atoms. The van der Waals surface area contributed by atoms with Gasteiger partial charge in [0, 0.05) is 32.1 Å². The van der Waals surface area contributed by atoms with Gasteiger partial charge in [0.2, 0.25) is 5.91 Å². The average Bonchev–Trinajstić information content (AvgIpc) is 3.54. The molecule has 2 atom stereocenters. The zero-order valence-electron chi connectivity index (χ0n) is 27.9. The maximum atomic E-state index is 13.7. The number of hydrogen-bond donors (Lipinski definition) is 0. The van der Waals surface area contributed by atoms with Gasteiger partial charge in [-0.15, -0.1) is 0 Å². The van der Waals surface area contributed by atoms with Crippen LogP contribution < -0.4 is 4.74 Å². The predicted molar refractivity (Wildman–Crippen MR) is 176 cm³/mol. The minimum absolute atomic E-state index is 0.0394. The van der Waals surface area contributed by atoms with Crippen molar-refractivity contribution in [2.75, 3.05) is 33.3 Å². The SMILES string of the molecule is CN(C(=O)Cc1cc2ccccc2o1)[C@H](CN1CC[C@H](O[Si](C)(C)C(C)(C)C)C1)c1cccc(OCC(=O)OC(C)(C)C)c1. The molecule has 44 heavy (non-hydrogen) atoms. The molecule has 2 heterocycles. The Hall–Kier alpha value is -3.14. The van der Waals surface area contributed by atoms with Crippen molar-refractivity contribution >= 4 is 31.2 Å². The molecular weight excluding hydrogens is 572 g/mol. The largest absolute Gasteiger partial charge is 0.482 e. The maximum absolute atomic E-state index is 13.7. The van der Waals surface area contributed by atoms with Crippen LogP contribution in [-0.4, -0.2) is 75.0 Å². The van der Waals surface area contributed by atoms with Crippen LogP contribution in [0.5, 0.6) is 5.75 Å². The van der Waals surface area contributed by atoms with E-state index < -0.39 is 19.9 Å². The number of rotatable bonds is 11. The topological polar surface area (TPSA) is 81.5 Å². The van der Waals surface area contributed by atoms with Crippen molar-refractivity contribution in [1.82, 2.24) is 9.80 Å².